The predicted molar refractivity (Wildman–Crippen MR) is 97.1 cm³/mol. The minimum Gasteiger partial charge on any atom is -0.369 e. The maximum Gasteiger partial charge on any atom is 0.197 e. The number of aromatic amines is 1. The number of anilines is 1. The highest BCUT2D eigenvalue weighted by Gasteiger charge is 2.03. The number of halogens is 1. The van der Waals surface area contributed by atoms with Crippen molar-refractivity contribution in [2.45, 2.75) is 38.6 Å². The average molecular weight is 347 g/mol. The first kappa shape index (κ1) is 18.0. The summed E-state index contributed by atoms with van der Waals surface area (Å²) in [7, 11) is 0. The number of nitrogens with zero attached hydrogens (tertiary/aromatic N) is 4. The lowest BCUT2D eigenvalue weighted by atomic mass is 10.1. The Morgan fingerprint density at radius 1 is 1.04 bits per heavy atom. The van der Waals surface area contributed by atoms with E-state index in [-0.39, 0.29) is 12.4 Å². The molecule has 0 saturated heterocycles. The van der Waals surface area contributed by atoms with Gasteiger partial charge >= 0.3 is 0 Å². The van der Waals surface area contributed by atoms with Crippen molar-refractivity contribution in [2.24, 2.45) is 0 Å². The van der Waals surface area contributed by atoms with Gasteiger partial charge in [-0.15, -0.1) is 17.5 Å². The zero-order chi connectivity index (χ0) is 15.9. The summed E-state index contributed by atoms with van der Waals surface area (Å²) in [5.74, 6) is 0.476. The van der Waals surface area contributed by atoms with Crippen LogP contribution in [0, 0.1) is 0 Å². The smallest absolute Gasteiger partial charge is 0.197 e. The number of aryl methyl sites for hydroxylation is 4. The van der Waals surface area contributed by atoms with E-state index in [1.165, 1.54) is 5.56 Å². The highest BCUT2D eigenvalue weighted by molar-refractivity contribution is 5.85. The molecule has 3 N–H and O–H groups in total. The third-order valence-electron chi connectivity index (χ3n) is 3.81. The first-order valence-electron chi connectivity index (χ1n) is 8.02. The van der Waals surface area contributed by atoms with E-state index in [9.17, 15) is 0 Å². The van der Waals surface area contributed by atoms with Crippen LogP contribution in [-0.2, 0) is 25.8 Å². The lowest BCUT2D eigenvalue weighted by Crippen LogP contribution is -2.00. The van der Waals surface area contributed by atoms with E-state index in [0.29, 0.717) is 5.95 Å². The lowest BCUT2D eigenvalue weighted by molar-refractivity contribution is 0.558. The van der Waals surface area contributed by atoms with Crippen molar-refractivity contribution in [3.8, 4) is 0 Å². The molecule has 0 saturated carbocycles. The molecule has 3 aromatic rings. The van der Waals surface area contributed by atoms with Gasteiger partial charge in [0.05, 0.1) is 11.9 Å². The summed E-state index contributed by atoms with van der Waals surface area (Å²) >= 11 is 0. The molecule has 128 valence electrons. The number of nitrogens with two attached hydrogens (primary N) is 1. The number of benzene rings is 1. The van der Waals surface area contributed by atoms with Gasteiger partial charge in [0.1, 0.15) is 0 Å². The summed E-state index contributed by atoms with van der Waals surface area (Å²) in [6.45, 7) is 0.902. The molecule has 0 bridgehead atoms. The van der Waals surface area contributed by atoms with Gasteiger partial charge in [-0.1, -0.05) is 35.5 Å². The summed E-state index contributed by atoms with van der Waals surface area (Å²) in [5, 5.41) is 8.44. The normalized spacial score (nSPS) is 10.5. The molecule has 24 heavy (non-hydrogen) atoms. The minimum absolute atomic E-state index is 0. The van der Waals surface area contributed by atoms with Crippen LogP contribution in [0.4, 0.5) is 5.95 Å². The molecule has 7 heteroatoms. The van der Waals surface area contributed by atoms with Crippen LogP contribution in [0.3, 0.4) is 0 Å². The molecule has 0 atom stereocenters. The molecule has 3 rings (SSSR count). The van der Waals surface area contributed by atoms with Gasteiger partial charge in [-0.25, -0.2) is 4.98 Å². The van der Waals surface area contributed by atoms with Crippen LogP contribution < -0.4 is 5.73 Å². The standard InChI is InChI=1S/C17H22N6.ClH/c18-17-19-12-15(20-17)9-4-10-16-13-23(22-21-16)11-5-8-14-6-2-1-3-7-14;/h1-3,6-7,12-13H,4-5,8-11H2,(H3,18,19,20);1H. The Bertz CT molecular complexity index is 722. The lowest BCUT2D eigenvalue weighted by Gasteiger charge is -2.01. The van der Waals surface area contributed by atoms with Crippen LogP contribution in [0.1, 0.15) is 29.8 Å². The predicted octanol–water partition coefficient (Wildman–Crippen LogP) is 2.81. The molecule has 2 heterocycles. The number of hydrogen-bond donors (Lipinski definition) is 2. The van der Waals surface area contributed by atoms with Gasteiger partial charge in [-0.3, -0.25) is 4.68 Å². The molecular formula is C17H23ClN6. The highest BCUT2D eigenvalue weighted by atomic mass is 35.5. The molecule has 0 amide bonds. The molecule has 0 spiro atoms. The second-order valence-electron chi connectivity index (χ2n) is 5.71. The van der Waals surface area contributed by atoms with Crippen molar-refractivity contribution < 1.29 is 0 Å². The van der Waals surface area contributed by atoms with Gasteiger partial charge < -0.3 is 10.7 Å². The highest BCUT2D eigenvalue weighted by Crippen LogP contribution is 2.07. The molecule has 0 aliphatic heterocycles. The Labute approximate surface area is 147 Å². The number of nitrogens with one attached hydrogen (secondary N) is 1. The molecular weight excluding hydrogens is 324 g/mol. The van der Waals surface area contributed by atoms with Crippen molar-refractivity contribution in [1.29, 1.82) is 0 Å². The van der Waals surface area contributed by atoms with Crippen molar-refractivity contribution in [1.82, 2.24) is 25.0 Å². The first-order valence-corrected chi connectivity index (χ1v) is 8.02. The van der Waals surface area contributed by atoms with Crippen LogP contribution in [0.2, 0.25) is 0 Å². The molecule has 0 fully saturated rings. The first-order chi connectivity index (χ1) is 11.3. The Kier molecular flexibility index (Phi) is 6.81. The van der Waals surface area contributed by atoms with Crippen LogP contribution in [0.5, 0.6) is 0 Å². The minimum atomic E-state index is 0. The van der Waals surface area contributed by atoms with E-state index in [0.717, 1.165) is 50.0 Å². The van der Waals surface area contributed by atoms with E-state index >= 15 is 0 Å². The SMILES string of the molecule is Cl.Nc1ncc(CCCc2cn(CCCc3ccccc3)nn2)[nH]1. The zero-order valence-corrected chi connectivity index (χ0v) is 14.4. The van der Waals surface area contributed by atoms with E-state index in [1.54, 1.807) is 6.20 Å². The van der Waals surface area contributed by atoms with Gasteiger partial charge in [0.2, 0.25) is 0 Å². The fourth-order valence-corrected chi connectivity index (χ4v) is 2.62. The molecule has 1 aromatic carbocycles. The largest absolute Gasteiger partial charge is 0.369 e. The second kappa shape index (κ2) is 9.08. The van der Waals surface area contributed by atoms with Crippen molar-refractivity contribution >= 4 is 18.4 Å². The number of H-pyrrole nitrogens is 1. The van der Waals surface area contributed by atoms with Crippen LogP contribution in [0.25, 0.3) is 0 Å². The van der Waals surface area contributed by atoms with Crippen molar-refractivity contribution in [3.05, 3.63) is 59.7 Å². The van der Waals surface area contributed by atoms with Gasteiger partial charge in [-0.2, -0.15) is 0 Å². The number of hydrogen-bond acceptors (Lipinski definition) is 4. The number of imidazole rings is 1. The van der Waals surface area contributed by atoms with Crippen LogP contribution in [0.15, 0.2) is 42.7 Å². The summed E-state index contributed by atoms with van der Waals surface area (Å²) in [6, 6.07) is 10.5. The molecule has 2 aromatic heterocycles. The third kappa shape index (κ3) is 5.38. The van der Waals surface area contributed by atoms with Gasteiger partial charge in [0.15, 0.2) is 5.95 Å². The summed E-state index contributed by atoms with van der Waals surface area (Å²) in [4.78, 5) is 7.03. The summed E-state index contributed by atoms with van der Waals surface area (Å²) < 4.78 is 1.94. The molecule has 0 radical (unpaired) electrons. The van der Waals surface area contributed by atoms with Crippen molar-refractivity contribution in [2.75, 3.05) is 5.73 Å². The Hall–Kier alpha value is -2.34. The molecule has 0 unspecified atom stereocenters. The number of nitrogen functional groups attached to an aromatic ring is 1. The van der Waals surface area contributed by atoms with Crippen molar-refractivity contribution in [3.63, 3.8) is 0 Å². The zero-order valence-electron chi connectivity index (χ0n) is 13.6. The van der Waals surface area contributed by atoms with Crippen LogP contribution in [-0.4, -0.2) is 25.0 Å². The molecule has 0 aliphatic rings. The Balaban J connectivity index is 0.00000208. The van der Waals surface area contributed by atoms with E-state index in [4.69, 9.17) is 5.73 Å². The molecule has 0 aliphatic carbocycles. The fraction of sp³-hybridized carbons (Fsp3) is 0.353. The third-order valence-corrected chi connectivity index (χ3v) is 3.81. The van der Waals surface area contributed by atoms with E-state index < -0.39 is 0 Å². The second-order valence-corrected chi connectivity index (χ2v) is 5.71. The Morgan fingerprint density at radius 2 is 1.88 bits per heavy atom. The number of aromatic nitrogens is 5. The number of rotatable bonds is 8. The van der Waals surface area contributed by atoms with Gasteiger partial charge in [0.25, 0.3) is 0 Å². The maximum absolute atomic E-state index is 5.56. The summed E-state index contributed by atoms with van der Waals surface area (Å²) in [6.07, 6.45) is 8.81. The van der Waals surface area contributed by atoms with Gasteiger partial charge in [-0.05, 0) is 37.7 Å². The van der Waals surface area contributed by atoms with E-state index in [2.05, 4.69) is 44.5 Å². The van der Waals surface area contributed by atoms with E-state index in [1.807, 2.05) is 16.9 Å². The monoisotopic (exact) mass is 346 g/mol. The topological polar surface area (TPSA) is 85.4 Å². The van der Waals surface area contributed by atoms with Gasteiger partial charge in [0, 0.05) is 18.4 Å². The Morgan fingerprint density at radius 3 is 2.62 bits per heavy atom. The quantitative estimate of drug-likeness (QED) is 0.656. The summed E-state index contributed by atoms with van der Waals surface area (Å²) in [5.41, 5.74) is 9.03. The maximum atomic E-state index is 5.56. The fourth-order valence-electron chi connectivity index (χ4n) is 2.62. The van der Waals surface area contributed by atoms with Crippen LogP contribution >= 0.6 is 12.4 Å². The molecule has 6 nitrogen and oxygen atoms in total. The average Bonchev–Trinajstić information content (AvgIpc) is 3.18.